The van der Waals surface area contributed by atoms with Gasteiger partial charge in [-0.2, -0.15) is 5.10 Å². The number of carbonyl (C=O) groups is 1. The maximum atomic E-state index is 12.8. The predicted molar refractivity (Wildman–Crippen MR) is 121 cm³/mol. The lowest BCUT2D eigenvalue weighted by atomic mass is 9.91. The molecule has 2 heterocycles. The molecule has 3 N–H and O–H groups in total. The number of benzene rings is 2. The third-order valence-corrected chi connectivity index (χ3v) is 5.63. The fraction of sp³-hybridized carbons (Fsp3) is 0.261. The first-order valence-corrected chi connectivity index (χ1v) is 10.6. The van der Waals surface area contributed by atoms with Crippen molar-refractivity contribution in [1.82, 2.24) is 25.1 Å². The Labute approximate surface area is 180 Å². The van der Waals surface area contributed by atoms with E-state index in [9.17, 15) is 4.79 Å². The van der Waals surface area contributed by atoms with Crippen LogP contribution in [0.25, 0.3) is 10.9 Å². The van der Waals surface area contributed by atoms with Crippen LogP contribution in [0.1, 0.15) is 36.2 Å². The summed E-state index contributed by atoms with van der Waals surface area (Å²) in [5.74, 6) is 0.776. The van der Waals surface area contributed by atoms with Crippen LogP contribution in [0, 0.1) is 4.77 Å². The van der Waals surface area contributed by atoms with Gasteiger partial charge in [0.15, 0.2) is 4.77 Å². The number of hydrogen-bond donors (Lipinski definition) is 3. The highest BCUT2D eigenvalue weighted by molar-refractivity contribution is 7.71. The minimum Gasteiger partial charge on any atom is -0.361 e. The number of carbonyl (C=O) groups excluding carboxylic acids is 1. The number of aromatic nitrogens is 4. The van der Waals surface area contributed by atoms with Crippen LogP contribution in [-0.2, 0) is 17.8 Å². The quantitative estimate of drug-likeness (QED) is 0.372. The van der Waals surface area contributed by atoms with Crippen LogP contribution >= 0.6 is 12.2 Å². The molecular formula is C23H25N5OS. The lowest BCUT2D eigenvalue weighted by Crippen LogP contribution is -2.32. The SMILES string of the molecule is CCCc1n[nH]c(=S)n1CC(=O)NCC(c1ccccc1)c1c[nH]c2ccccc12. The van der Waals surface area contributed by atoms with Gasteiger partial charge in [0.25, 0.3) is 0 Å². The standard InChI is InChI=1S/C23H25N5OS/c1-2-8-21-26-27-23(30)28(21)15-22(29)25-13-18(16-9-4-3-5-10-16)19-14-24-20-12-7-6-11-17(19)20/h3-7,9-12,14,18,24H,2,8,13,15H2,1H3,(H,25,29)(H,27,30). The molecule has 1 amide bonds. The topological polar surface area (TPSA) is 78.5 Å². The van der Waals surface area contributed by atoms with Crippen molar-refractivity contribution in [2.45, 2.75) is 32.2 Å². The van der Waals surface area contributed by atoms with Crippen LogP contribution in [0.5, 0.6) is 0 Å². The number of hydrogen-bond acceptors (Lipinski definition) is 3. The number of nitrogens with one attached hydrogen (secondary N) is 3. The van der Waals surface area contributed by atoms with Gasteiger partial charge in [0.2, 0.25) is 5.91 Å². The summed E-state index contributed by atoms with van der Waals surface area (Å²) >= 11 is 5.30. The first kappa shape index (κ1) is 20.1. The van der Waals surface area contributed by atoms with Gasteiger partial charge in [-0.1, -0.05) is 55.5 Å². The Kier molecular flexibility index (Phi) is 6.09. The van der Waals surface area contributed by atoms with E-state index in [1.165, 1.54) is 10.9 Å². The highest BCUT2D eigenvalue weighted by Gasteiger charge is 2.19. The third kappa shape index (κ3) is 4.21. The summed E-state index contributed by atoms with van der Waals surface area (Å²) in [6, 6.07) is 18.5. The van der Waals surface area contributed by atoms with Crippen LogP contribution in [0.2, 0.25) is 0 Å². The zero-order valence-corrected chi connectivity index (χ0v) is 17.7. The molecule has 4 aromatic rings. The van der Waals surface area contributed by atoms with Crippen LogP contribution < -0.4 is 5.32 Å². The molecule has 7 heteroatoms. The molecule has 0 fully saturated rings. The van der Waals surface area contributed by atoms with E-state index in [0.717, 1.165) is 29.7 Å². The highest BCUT2D eigenvalue weighted by atomic mass is 32.1. The molecule has 0 radical (unpaired) electrons. The summed E-state index contributed by atoms with van der Waals surface area (Å²) in [5.41, 5.74) is 3.42. The van der Waals surface area contributed by atoms with Gasteiger partial charge >= 0.3 is 0 Å². The van der Waals surface area contributed by atoms with E-state index in [-0.39, 0.29) is 18.4 Å². The molecule has 2 aromatic heterocycles. The zero-order chi connectivity index (χ0) is 20.9. The summed E-state index contributed by atoms with van der Waals surface area (Å²) in [4.78, 5) is 16.1. The summed E-state index contributed by atoms with van der Waals surface area (Å²) < 4.78 is 2.25. The van der Waals surface area contributed by atoms with E-state index >= 15 is 0 Å². The molecule has 0 aliphatic carbocycles. The van der Waals surface area contributed by atoms with E-state index in [1.807, 2.05) is 36.5 Å². The minimum absolute atomic E-state index is 0.0405. The van der Waals surface area contributed by atoms with E-state index in [0.29, 0.717) is 11.3 Å². The molecule has 0 saturated heterocycles. The number of H-pyrrole nitrogens is 2. The number of nitrogens with zero attached hydrogens (tertiary/aromatic N) is 2. The van der Waals surface area contributed by atoms with E-state index in [4.69, 9.17) is 12.2 Å². The second-order valence-electron chi connectivity index (χ2n) is 7.34. The van der Waals surface area contributed by atoms with Gasteiger partial charge < -0.3 is 10.3 Å². The summed E-state index contributed by atoms with van der Waals surface area (Å²) in [6.45, 7) is 2.74. The number of amides is 1. The van der Waals surface area contributed by atoms with Gasteiger partial charge in [-0.3, -0.25) is 14.5 Å². The average Bonchev–Trinajstić information content (AvgIpc) is 3.34. The molecule has 2 aromatic carbocycles. The van der Waals surface area contributed by atoms with Crippen molar-refractivity contribution in [2.24, 2.45) is 0 Å². The lowest BCUT2D eigenvalue weighted by Gasteiger charge is -2.18. The Bertz CT molecular complexity index is 1190. The van der Waals surface area contributed by atoms with Gasteiger partial charge in [0.05, 0.1) is 0 Å². The van der Waals surface area contributed by atoms with Crippen molar-refractivity contribution < 1.29 is 4.79 Å². The van der Waals surface area contributed by atoms with Gasteiger partial charge in [-0.05, 0) is 35.8 Å². The molecule has 0 saturated carbocycles. The normalized spacial score (nSPS) is 12.2. The lowest BCUT2D eigenvalue weighted by molar-refractivity contribution is -0.121. The van der Waals surface area contributed by atoms with Gasteiger partial charge in [0, 0.05) is 36.0 Å². The van der Waals surface area contributed by atoms with Crippen LogP contribution in [0.15, 0.2) is 60.8 Å². The van der Waals surface area contributed by atoms with Crippen LogP contribution in [0.3, 0.4) is 0 Å². The number of aryl methyl sites for hydroxylation is 1. The molecule has 0 aliphatic rings. The second kappa shape index (κ2) is 9.09. The first-order chi connectivity index (χ1) is 14.7. The number of para-hydroxylation sites is 1. The van der Waals surface area contributed by atoms with Crippen molar-refractivity contribution in [3.05, 3.63) is 82.5 Å². The number of fused-ring (bicyclic) bond motifs is 1. The van der Waals surface area contributed by atoms with Gasteiger partial charge in [-0.25, -0.2) is 0 Å². The Hall–Kier alpha value is -3.19. The van der Waals surface area contributed by atoms with Gasteiger partial charge in [-0.15, -0.1) is 0 Å². The monoisotopic (exact) mass is 419 g/mol. The van der Waals surface area contributed by atoms with E-state index < -0.39 is 0 Å². The molecule has 0 aliphatic heterocycles. The maximum absolute atomic E-state index is 12.8. The minimum atomic E-state index is -0.0781. The molecule has 1 atom stereocenters. The fourth-order valence-corrected chi connectivity index (χ4v) is 4.03. The van der Waals surface area contributed by atoms with E-state index in [1.54, 1.807) is 4.57 Å². The highest BCUT2D eigenvalue weighted by Crippen LogP contribution is 2.30. The van der Waals surface area contributed by atoms with Crippen LogP contribution in [0.4, 0.5) is 0 Å². The molecule has 6 nitrogen and oxygen atoms in total. The predicted octanol–water partition coefficient (Wildman–Crippen LogP) is 4.32. The molecule has 154 valence electrons. The fourth-order valence-electron chi connectivity index (χ4n) is 3.82. The van der Waals surface area contributed by atoms with E-state index in [2.05, 4.69) is 51.7 Å². The van der Waals surface area contributed by atoms with Crippen molar-refractivity contribution in [3.63, 3.8) is 0 Å². The number of aromatic amines is 2. The maximum Gasteiger partial charge on any atom is 0.240 e. The average molecular weight is 420 g/mol. The molecule has 0 spiro atoms. The Morgan fingerprint density at radius 3 is 2.73 bits per heavy atom. The smallest absolute Gasteiger partial charge is 0.240 e. The molecule has 1 unspecified atom stereocenters. The molecule has 4 rings (SSSR count). The second-order valence-corrected chi connectivity index (χ2v) is 7.72. The van der Waals surface area contributed by atoms with Crippen molar-refractivity contribution >= 4 is 29.0 Å². The Morgan fingerprint density at radius 2 is 1.93 bits per heavy atom. The summed E-state index contributed by atoms with van der Waals surface area (Å²) in [7, 11) is 0. The largest absolute Gasteiger partial charge is 0.361 e. The first-order valence-electron chi connectivity index (χ1n) is 10.2. The zero-order valence-electron chi connectivity index (χ0n) is 16.9. The molecule has 0 bridgehead atoms. The Balaban J connectivity index is 1.55. The summed E-state index contributed by atoms with van der Waals surface area (Å²) in [6.07, 6.45) is 3.76. The third-order valence-electron chi connectivity index (χ3n) is 5.31. The van der Waals surface area contributed by atoms with Crippen molar-refractivity contribution in [2.75, 3.05) is 6.54 Å². The molecule has 30 heavy (non-hydrogen) atoms. The van der Waals surface area contributed by atoms with Crippen molar-refractivity contribution in [1.29, 1.82) is 0 Å². The summed E-state index contributed by atoms with van der Waals surface area (Å²) in [5, 5.41) is 11.3. The number of rotatable bonds is 8. The van der Waals surface area contributed by atoms with Crippen molar-refractivity contribution in [3.8, 4) is 0 Å². The van der Waals surface area contributed by atoms with Crippen LogP contribution in [-0.4, -0.2) is 32.2 Å². The Morgan fingerprint density at radius 1 is 1.17 bits per heavy atom. The molecular weight excluding hydrogens is 394 g/mol. The van der Waals surface area contributed by atoms with Gasteiger partial charge in [0.1, 0.15) is 12.4 Å².